The molecule has 0 bridgehead atoms. The van der Waals surface area contributed by atoms with Crippen molar-refractivity contribution in [2.45, 2.75) is 0 Å². The van der Waals surface area contributed by atoms with Crippen molar-refractivity contribution in [3.05, 3.63) is 90.5 Å². The number of para-hydroxylation sites is 2. The predicted molar refractivity (Wildman–Crippen MR) is 121 cm³/mol. The van der Waals surface area contributed by atoms with Gasteiger partial charge in [0.2, 0.25) is 0 Å². The van der Waals surface area contributed by atoms with E-state index >= 15 is 0 Å². The van der Waals surface area contributed by atoms with E-state index in [1.807, 2.05) is 60.8 Å². The first-order valence-corrected chi connectivity index (χ1v) is 9.47. The Hall–Kier alpha value is -3.92. The normalized spacial score (nSPS) is 11.5. The van der Waals surface area contributed by atoms with Gasteiger partial charge in [0.1, 0.15) is 5.75 Å². The number of methoxy groups -OCH3 is 1. The van der Waals surface area contributed by atoms with Gasteiger partial charge in [-0.1, -0.05) is 66.7 Å². The molecule has 1 N–H and O–H groups in total. The van der Waals surface area contributed by atoms with Crippen molar-refractivity contribution in [3.63, 3.8) is 0 Å². The standard InChI is InChI=1S/C25H19N3O/c1-29-24-15-14-17-8-2-3-9-18(17)21(24)16-26-28-25-19-10-4-6-12-22(19)27-23-13-7-5-11-20(23)25/h2-16H,1H3,(H,27,28)/b26-16+. The molecule has 0 aliphatic carbocycles. The summed E-state index contributed by atoms with van der Waals surface area (Å²) in [6.07, 6.45) is 1.82. The Kier molecular flexibility index (Phi) is 4.30. The van der Waals surface area contributed by atoms with E-state index in [4.69, 9.17) is 9.72 Å². The number of nitrogens with one attached hydrogen (secondary N) is 1. The second-order valence-corrected chi connectivity index (χ2v) is 6.79. The summed E-state index contributed by atoms with van der Waals surface area (Å²) in [4.78, 5) is 4.76. The molecule has 0 saturated carbocycles. The molecule has 0 fully saturated rings. The van der Waals surface area contributed by atoms with Crippen molar-refractivity contribution >= 4 is 44.5 Å². The summed E-state index contributed by atoms with van der Waals surface area (Å²) in [6, 6.07) is 28.4. The number of fused-ring (bicyclic) bond motifs is 3. The van der Waals surface area contributed by atoms with Gasteiger partial charge in [0.15, 0.2) is 0 Å². The molecule has 4 heteroatoms. The third kappa shape index (κ3) is 3.05. The first kappa shape index (κ1) is 17.2. The fraction of sp³-hybridized carbons (Fsp3) is 0.0400. The molecule has 0 atom stereocenters. The molecule has 4 nitrogen and oxygen atoms in total. The lowest BCUT2D eigenvalue weighted by Crippen LogP contribution is -1.97. The SMILES string of the molecule is COc1ccc2ccccc2c1/C=N/Nc1c2ccccc2nc2ccccc12. The maximum Gasteiger partial charge on any atom is 0.128 e. The van der Waals surface area contributed by atoms with Gasteiger partial charge in [-0.2, -0.15) is 5.10 Å². The van der Waals surface area contributed by atoms with Crippen LogP contribution in [-0.2, 0) is 0 Å². The smallest absolute Gasteiger partial charge is 0.128 e. The minimum Gasteiger partial charge on any atom is -0.496 e. The molecule has 0 aliphatic heterocycles. The summed E-state index contributed by atoms with van der Waals surface area (Å²) in [5.74, 6) is 0.790. The van der Waals surface area contributed by atoms with Crippen LogP contribution in [0.5, 0.6) is 5.75 Å². The highest BCUT2D eigenvalue weighted by atomic mass is 16.5. The third-order valence-electron chi connectivity index (χ3n) is 5.11. The van der Waals surface area contributed by atoms with Crippen LogP contribution in [0.15, 0.2) is 90.0 Å². The van der Waals surface area contributed by atoms with Gasteiger partial charge in [-0.05, 0) is 29.0 Å². The van der Waals surface area contributed by atoms with Crippen molar-refractivity contribution in [2.24, 2.45) is 5.10 Å². The minimum absolute atomic E-state index is 0.790. The van der Waals surface area contributed by atoms with Crippen molar-refractivity contribution in [3.8, 4) is 5.75 Å². The van der Waals surface area contributed by atoms with Crippen molar-refractivity contribution in [1.82, 2.24) is 4.98 Å². The van der Waals surface area contributed by atoms with Crippen LogP contribution in [-0.4, -0.2) is 18.3 Å². The number of hydrazone groups is 1. The highest BCUT2D eigenvalue weighted by molar-refractivity contribution is 6.08. The fourth-order valence-electron chi connectivity index (χ4n) is 3.71. The number of pyridine rings is 1. The number of ether oxygens (including phenoxy) is 1. The van der Waals surface area contributed by atoms with Crippen molar-refractivity contribution in [1.29, 1.82) is 0 Å². The number of rotatable bonds is 4. The van der Waals surface area contributed by atoms with Gasteiger partial charge in [-0.25, -0.2) is 4.98 Å². The summed E-state index contributed by atoms with van der Waals surface area (Å²) in [7, 11) is 1.68. The second kappa shape index (κ2) is 7.24. The van der Waals surface area contributed by atoms with E-state index in [9.17, 15) is 0 Å². The first-order chi connectivity index (χ1) is 14.3. The Balaban J connectivity index is 1.63. The van der Waals surface area contributed by atoms with Crippen LogP contribution in [0, 0.1) is 0 Å². The summed E-state index contributed by atoms with van der Waals surface area (Å²) in [5, 5.41) is 8.91. The number of hydrogen-bond acceptors (Lipinski definition) is 4. The van der Waals surface area contributed by atoms with E-state index in [-0.39, 0.29) is 0 Å². The number of aromatic nitrogens is 1. The number of hydrogen-bond donors (Lipinski definition) is 1. The van der Waals surface area contributed by atoms with Gasteiger partial charge in [0.05, 0.1) is 30.0 Å². The molecule has 0 saturated heterocycles. The predicted octanol–water partition coefficient (Wildman–Crippen LogP) is 6.00. The van der Waals surface area contributed by atoms with Gasteiger partial charge >= 0.3 is 0 Å². The van der Waals surface area contributed by atoms with E-state index in [1.54, 1.807) is 7.11 Å². The van der Waals surface area contributed by atoms with Gasteiger partial charge in [0.25, 0.3) is 0 Å². The molecule has 0 spiro atoms. The molecule has 1 aromatic heterocycles. The molecule has 0 aliphatic rings. The van der Waals surface area contributed by atoms with Crippen LogP contribution in [0.25, 0.3) is 32.6 Å². The summed E-state index contributed by atoms with van der Waals surface area (Å²) in [5.41, 5.74) is 7.03. The van der Waals surface area contributed by atoms with Gasteiger partial charge in [0, 0.05) is 16.3 Å². The summed E-state index contributed by atoms with van der Waals surface area (Å²) >= 11 is 0. The molecule has 5 aromatic rings. The molecule has 0 radical (unpaired) electrons. The lowest BCUT2D eigenvalue weighted by Gasteiger charge is -2.11. The maximum atomic E-state index is 5.57. The van der Waals surface area contributed by atoms with Crippen molar-refractivity contribution in [2.75, 3.05) is 12.5 Å². The van der Waals surface area contributed by atoms with Crippen LogP contribution >= 0.6 is 0 Å². The Bertz CT molecular complexity index is 1320. The van der Waals surface area contributed by atoms with Crippen molar-refractivity contribution < 1.29 is 4.74 Å². The maximum absolute atomic E-state index is 5.57. The first-order valence-electron chi connectivity index (χ1n) is 9.47. The quantitative estimate of drug-likeness (QED) is 0.237. The molecule has 0 amide bonds. The molecule has 4 aromatic carbocycles. The summed E-state index contributed by atoms with van der Waals surface area (Å²) < 4.78 is 5.57. The van der Waals surface area contributed by atoms with Gasteiger partial charge < -0.3 is 4.74 Å². The highest BCUT2D eigenvalue weighted by Gasteiger charge is 2.09. The topological polar surface area (TPSA) is 46.5 Å². The van der Waals surface area contributed by atoms with Crippen LogP contribution in [0.3, 0.4) is 0 Å². The highest BCUT2D eigenvalue weighted by Crippen LogP contribution is 2.31. The zero-order valence-corrected chi connectivity index (χ0v) is 16.0. The van der Waals surface area contributed by atoms with Crippen LogP contribution in [0.2, 0.25) is 0 Å². The monoisotopic (exact) mass is 377 g/mol. The van der Waals surface area contributed by atoms with Gasteiger partial charge in [-0.3, -0.25) is 5.43 Å². The summed E-state index contributed by atoms with van der Waals surface area (Å²) in [6.45, 7) is 0. The Morgan fingerprint density at radius 3 is 2.07 bits per heavy atom. The minimum atomic E-state index is 0.790. The molecule has 1 heterocycles. The van der Waals surface area contributed by atoms with E-state index < -0.39 is 0 Å². The third-order valence-corrected chi connectivity index (χ3v) is 5.11. The fourth-order valence-corrected chi connectivity index (χ4v) is 3.71. The van der Waals surface area contributed by atoms with E-state index in [1.165, 1.54) is 0 Å². The zero-order valence-electron chi connectivity index (χ0n) is 16.0. The lowest BCUT2D eigenvalue weighted by atomic mass is 10.0. The number of anilines is 1. The molecule has 5 rings (SSSR count). The van der Waals surface area contributed by atoms with Crippen LogP contribution in [0.1, 0.15) is 5.56 Å². The molecule has 29 heavy (non-hydrogen) atoms. The van der Waals surface area contributed by atoms with Crippen LogP contribution < -0.4 is 10.2 Å². The number of benzene rings is 4. The molecule has 140 valence electrons. The number of nitrogens with zero attached hydrogens (tertiary/aromatic N) is 2. The Morgan fingerprint density at radius 2 is 1.38 bits per heavy atom. The van der Waals surface area contributed by atoms with Gasteiger partial charge in [-0.15, -0.1) is 0 Å². The lowest BCUT2D eigenvalue weighted by molar-refractivity contribution is 0.415. The molecule has 0 unspecified atom stereocenters. The zero-order chi connectivity index (χ0) is 19.6. The Labute approximate surface area is 168 Å². The molecular formula is C25H19N3O. The largest absolute Gasteiger partial charge is 0.496 e. The average molecular weight is 377 g/mol. The Morgan fingerprint density at radius 1 is 0.759 bits per heavy atom. The van der Waals surface area contributed by atoms with E-state index in [0.717, 1.165) is 49.6 Å². The second-order valence-electron chi connectivity index (χ2n) is 6.79. The molecular weight excluding hydrogens is 358 g/mol. The van der Waals surface area contributed by atoms with E-state index in [0.29, 0.717) is 0 Å². The van der Waals surface area contributed by atoms with Crippen LogP contribution in [0.4, 0.5) is 5.69 Å². The van der Waals surface area contributed by atoms with E-state index in [2.05, 4.69) is 40.9 Å². The average Bonchev–Trinajstić information content (AvgIpc) is 2.78.